The van der Waals surface area contributed by atoms with Crippen LogP contribution in [0.4, 0.5) is 5.69 Å². The van der Waals surface area contributed by atoms with Crippen molar-refractivity contribution in [2.75, 3.05) is 5.73 Å². The first-order chi connectivity index (χ1) is 8.08. The van der Waals surface area contributed by atoms with Crippen LogP contribution in [-0.4, -0.2) is 9.78 Å². The molecule has 0 saturated carbocycles. The normalized spacial score (nSPS) is 10.5. The van der Waals surface area contributed by atoms with Gasteiger partial charge in [0.2, 0.25) is 0 Å². The quantitative estimate of drug-likeness (QED) is 0.886. The van der Waals surface area contributed by atoms with E-state index in [0.717, 1.165) is 21.6 Å². The molecule has 0 unspecified atom stereocenters. The van der Waals surface area contributed by atoms with Crippen LogP contribution in [0.25, 0.3) is 0 Å². The first-order valence-corrected chi connectivity index (χ1v) is 6.03. The van der Waals surface area contributed by atoms with Crippen LogP contribution in [0, 0.1) is 6.92 Å². The van der Waals surface area contributed by atoms with Gasteiger partial charge in [0.1, 0.15) is 12.4 Å². The average Bonchev–Trinajstić information content (AvgIpc) is 2.60. The van der Waals surface area contributed by atoms with Gasteiger partial charge < -0.3 is 10.5 Å². The second-order valence-corrected chi connectivity index (χ2v) is 4.64. The van der Waals surface area contributed by atoms with Crippen molar-refractivity contribution in [3.05, 3.63) is 40.1 Å². The summed E-state index contributed by atoms with van der Waals surface area (Å²) in [6.45, 7) is 2.43. The Labute approximate surface area is 109 Å². The molecule has 4 nitrogen and oxygen atoms in total. The highest BCUT2D eigenvalue weighted by Crippen LogP contribution is 2.30. The molecular weight excluding hydrogens is 282 g/mol. The summed E-state index contributed by atoms with van der Waals surface area (Å²) < 4.78 is 8.32. The van der Waals surface area contributed by atoms with E-state index in [1.807, 2.05) is 42.9 Å². The number of hydrogen-bond donors (Lipinski definition) is 1. The molecular formula is C12H14BrN3O. The second-order valence-electron chi connectivity index (χ2n) is 3.85. The van der Waals surface area contributed by atoms with E-state index in [4.69, 9.17) is 10.5 Å². The van der Waals surface area contributed by atoms with Gasteiger partial charge in [-0.1, -0.05) is 6.07 Å². The van der Waals surface area contributed by atoms with E-state index in [9.17, 15) is 0 Å². The summed E-state index contributed by atoms with van der Waals surface area (Å²) in [5.41, 5.74) is 8.46. The SMILES string of the molecule is Cc1cc(COc2cccc(N)c2Br)n(C)n1. The number of nitrogens with zero attached hydrogens (tertiary/aromatic N) is 2. The molecule has 0 atom stereocenters. The summed E-state index contributed by atoms with van der Waals surface area (Å²) in [4.78, 5) is 0. The number of anilines is 1. The average molecular weight is 296 g/mol. The minimum absolute atomic E-state index is 0.472. The number of hydrogen-bond acceptors (Lipinski definition) is 3. The summed E-state index contributed by atoms with van der Waals surface area (Å²) in [7, 11) is 1.90. The minimum atomic E-state index is 0.472. The molecule has 0 aliphatic rings. The lowest BCUT2D eigenvalue weighted by atomic mass is 10.3. The van der Waals surface area contributed by atoms with Crippen LogP contribution < -0.4 is 10.5 Å². The van der Waals surface area contributed by atoms with Gasteiger partial charge in [-0.05, 0) is 41.1 Å². The van der Waals surface area contributed by atoms with E-state index in [-0.39, 0.29) is 0 Å². The van der Waals surface area contributed by atoms with Gasteiger partial charge in [-0.3, -0.25) is 4.68 Å². The molecule has 17 heavy (non-hydrogen) atoms. The number of benzene rings is 1. The van der Waals surface area contributed by atoms with E-state index in [0.29, 0.717) is 12.3 Å². The lowest BCUT2D eigenvalue weighted by molar-refractivity contribution is 0.293. The predicted molar refractivity (Wildman–Crippen MR) is 70.8 cm³/mol. The van der Waals surface area contributed by atoms with Gasteiger partial charge in [0, 0.05) is 12.7 Å². The molecule has 0 fully saturated rings. The third-order valence-corrected chi connectivity index (χ3v) is 3.32. The van der Waals surface area contributed by atoms with Gasteiger partial charge >= 0.3 is 0 Å². The van der Waals surface area contributed by atoms with Crippen LogP contribution in [0.2, 0.25) is 0 Å². The van der Waals surface area contributed by atoms with Crippen molar-refractivity contribution in [3.63, 3.8) is 0 Å². The Morgan fingerprint density at radius 1 is 1.47 bits per heavy atom. The van der Waals surface area contributed by atoms with Crippen LogP contribution in [0.15, 0.2) is 28.7 Å². The first kappa shape index (κ1) is 12.0. The maximum absolute atomic E-state index is 5.78. The third kappa shape index (κ3) is 2.61. The van der Waals surface area contributed by atoms with E-state index >= 15 is 0 Å². The zero-order chi connectivity index (χ0) is 12.4. The number of rotatable bonds is 3. The van der Waals surface area contributed by atoms with Gasteiger partial charge in [-0.2, -0.15) is 5.10 Å². The highest BCUT2D eigenvalue weighted by Gasteiger charge is 2.06. The maximum Gasteiger partial charge on any atom is 0.136 e. The van der Waals surface area contributed by atoms with E-state index in [1.165, 1.54) is 0 Å². The fourth-order valence-electron chi connectivity index (χ4n) is 1.59. The highest BCUT2D eigenvalue weighted by atomic mass is 79.9. The lowest BCUT2D eigenvalue weighted by Crippen LogP contribution is -2.03. The molecule has 5 heteroatoms. The Morgan fingerprint density at radius 3 is 2.88 bits per heavy atom. The Balaban J connectivity index is 2.12. The molecule has 0 amide bonds. The number of aryl methyl sites for hydroxylation is 2. The fraction of sp³-hybridized carbons (Fsp3) is 0.250. The highest BCUT2D eigenvalue weighted by molar-refractivity contribution is 9.10. The van der Waals surface area contributed by atoms with E-state index in [1.54, 1.807) is 0 Å². The summed E-state index contributed by atoms with van der Waals surface area (Å²) in [5.74, 6) is 0.740. The largest absolute Gasteiger partial charge is 0.486 e. The maximum atomic E-state index is 5.78. The van der Waals surface area contributed by atoms with Gasteiger partial charge in [0.25, 0.3) is 0 Å². The Hall–Kier alpha value is -1.49. The smallest absolute Gasteiger partial charge is 0.136 e. The number of halogens is 1. The van der Waals surface area contributed by atoms with Gasteiger partial charge in [-0.15, -0.1) is 0 Å². The zero-order valence-electron chi connectivity index (χ0n) is 9.77. The van der Waals surface area contributed by atoms with E-state index < -0.39 is 0 Å². The van der Waals surface area contributed by atoms with Crippen LogP contribution >= 0.6 is 15.9 Å². The third-order valence-electron chi connectivity index (χ3n) is 2.47. The van der Waals surface area contributed by atoms with Crippen LogP contribution in [0.1, 0.15) is 11.4 Å². The monoisotopic (exact) mass is 295 g/mol. The van der Waals surface area contributed by atoms with Crippen molar-refractivity contribution >= 4 is 21.6 Å². The summed E-state index contributed by atoms with van der Waals surface area (Å²) in [6, 6.07) is 7.57. The molecule has 0 radical (unpaired) electrons. The number of ether oxygens (including phenoxy) is 1. The molecule has 0 saturated heterocycles. The fourth-order valence-corrected chi connectivity index (χ4v) is 1.97. The molecule has 2 aromatic rings. The molecule has 2 rings (SSSR count). The first-order valence-electron chi connectivity index (χ1n) is 5.24. The molecule has 0 aliphatic heterocycles. The van der Waals surface area contributed by atoms with Gasteiger partial charge in [-0.25, -0.2) is 0 Å². The second kappa shape index (κ2) is 4.79. The van der Waals surface area contributed by atoms with Crippen LogP contribution in [-0.2, 0) is 13.7 Å². The summed E-state index contributed by atoms with van der Waals surface area (Å²) in [6.07, 6.45) is 0. The van der Waals surface area contributed by atoms with Crippen molar-refractivity contribution in [1.82, 2.24) is 9.78 Å². The van der Waals surface area contributed by atoms with Gasteiger partial charge in [0.05, 0.1) is 15.9 Å². The van der Waals surface area contributed by atoms with Crippen LogP contribution in [0.3, 0.4) is 0 Å². The van der Waals surface area contributed by atoms with Crippen molar-refractivity contribution < 1.29 is 4.74 Å². The number of nitrogens with two attached hydrogens (primary N) is 1. The van der Waals surface area contributed by atoms with Crippen LogP contribution in [0.5, 0.6) is 5.75 Å². The number of nitrogen functional groups attached to an aromatic ring is 1. The lowest BCUT2D eigenvalue weighted by Gasteiger charge is -2.09. The molecule has 1 aromatic carbocycles. The van der Waals surface area contributed by atoms with Crippen molar-refractivity contribution in [1.29, 1.82) is 0 Å². The molecule has 2 N–H and O–H groups in total. The molecule has 0 spiro atoms. The Morgan fingerprint density at radius 2 is 2.24 bits per heavy atom. The summed E-state index contributed by atoms with van der Waals surface area (Å²) >= 11 is 3.41. The standard InChI is InChI=1S/C12H14BrN3O/c1-8-6-9(16(2)15-8)7-17-11-5-3-4-10(14)12(11)13/h3-6H,7,14H2,1-2H3. The molecule has 1 heterocycles. The Bertz CT molecular complexity index is 537. The van der Waals surface area contributed by atoms with Crippen molar-refractivity contribution in [2.45, 2.75) is 13.5 Å². The van der Waals surface area contributed by atoms with E-state index in [2.05, 4.69) is 21.0 Å². The zero-order valence-corrected chi connectivity index (χ0v) is 11.4. The van der Waals surface area contributed by atoms with Crippen molar-refractivity contribution in [2.24, 2.45) is 7.05 Å². The Kier molecular flexibility index (Phi) is 3.38. The minimum Gasteiger partial charge on any atom is -0.486 e. The van der Waals surface area contributed by atoms with Gasteiger partial charge in [0.15, 0.2) is 0 Å². The number of aromatic nitrogens is 2. The predicted octanol–water partition coefficient (Wildman–Crippen LogP) is 2.65. The molecule has 0 bridgehead atoms. The topological polar surface area (TPSA) is 53.1 Å². The van der Waals surface area contributed by atoms with Crippen molar-refractivity contribution in [3.8, 4) is 5.75 Å². The molecule has 1 aromatic heterocycles. The summed E-state index contributed by atoms with van der Waals surface area (Å²) in [5, 5.41) is 4.26. The molecule has 0 aliphatic carbocycles. The molecule has 90 valence electrons.